The second kappa shape index (κ2) is 6.44. The molecular formula is C15H16BFO2S. The molecule has 2 rings (SSSR count). The van der Waals surface area contributed by atoms with Crippen LogP contribution in [0.1, 0.15) is 16.7 Å². The van der Waals surface area contributed by atoms with Crippen LogP contribution in [0.3, 0.4) is 0 Å². The first-order chi connectivity index (χ1) is 9.47. The van der Waals surface area contributed by atoms with Crippen LogP contribution in [0.4, 0.5) is 4.39 Å². The number of hydrogen-bond acceptors (Lipinski definition) is 3. The average Bonchev–Trinajstić information content (AvgIpc) is 2.40. The summed E-state index contributed by atoms with van der Waals surface area (Å²) in [5, 5.41) is 18.0. The molecule has 104 valence electrons. The lowest BCUT2D eigenvalue weighted by molar-refractivity contribution is 0.425. The largest absolute Gasteiger partial charge is 0.488 e. The molecule has 5 heteroatoms. The van der Waals surface area contributed by atoms with Crippen molar-refractivity contribution in [1.82, 2.24) is 0 Å². The van der Waals surface area contributed by atoms with Crippen molar-refractivity contribution in [3.63, 3.8) is 0 Å². The van der Waals surface area contributed by atoms with Gasteiger partial charge in [0.1, 0.15) is 5.82 Å². The lowest BCUT2D eigenvalue weighted by Gasteiger charge is -2.08. The maximum atomic E-state index is 13.9. The fourth-order valence-electron chi connectivity index (χ4n) is 1.86. The third-order valence-corrected chi connectivity index (χ3v) is 4.31. The molecule has 0 heterocycles. The Balaban J connectivity index is 2.13. The number of rotatable bonds is 4. The molecule has 0 aromatic heterocycles. The van der Waals surface area contributed by atoms with E-state index in [-0.39, 0.29) is 5.46 Å². The Labute approximate surface area is 122 Å². The molecular weight excluding hydrogens is 274 g/mol. The van der Waals surface area contributed by atoms with Crippen LogP contribution < -0.4 is 5.46 Å². The predicted octanol–water partition coefficient (Wildman–Crippen LogP) is 2.41. The molecule has 0 unspecified atom stereocenters. The molecule has 0 spiro atoms. The molecule has 2 nitrogen and oxygen atoms in total. The quantitative estimate of drug-likeness (QED) is 0.671. The second-order valence-electron chi connectivity index (χ2n) is 4.78. The van der Waals surface area contributed by atoms with Crippen molar-refractivity contribution in [2.24, 2.45) is 0 Å². The van der Waals surface area contributed by atoms with Crippen molar-refractivity contribution >= 4 is 24.3 Å². The zero-order valence-corrected chi connectivity index (χ0v) is 12.2. The first-order valence-corrected chi connectivity index (χ1v) is 7.30. The van der Waals surface area contributed by atoms with Gasteiger partial charge in [-0.15, -0.1) is 11.8 Å². The van der Waals surface area contributed by atoms with E-state index < -0.39 is 12.9 Å². The molecule has 20 heavy (non-hydrogen) atoms. The van der Waals surface area contributed by atoms with Gasteiger partial charge in [-0.1, -0.05) is 29.8 Å². The van der Waals surface area contributed by atoms with Crippen LogP contribution in [0.15, 0.2) is 41.3 Å². The molecule has 0 saturated heterocycles. The lowest BCUT2D eigenvalue weighted by atomic mass is 9.80. The number of halogens is 1. The van der Waals surface area contributed by atoms with E-state index in [1.165, 1.54) is 23.3 Å². The van der Waals surface area contributed by atoms with Gasteiger partial charge >= 0.3 is 7.12 Å². The van der Waals surface area contributed by atoms with Gasteiger partial charge in [-0.2, -0.15) is 0 Å². The SMILES string of the molecule is Cc1ccc(C)c(SCc2ccc(B(O)O)cc2F)c1. The summed E-state index contributed by atoms with van der Waals surface area (Å²) < 4.78 is 13.9. The van der Waals surface area contributed by atoms with Crippen LogP contribution in [0.25, 0.3) is 0 Å². The molecule has 0 atom stereocenters. The highest BCUT2D eigenvalue weighted by molar-refractivity contribution is 7.98. The summed E-state index contributed by atoms with van der Waals surface area (Å²) in [5.41, 5.74) is 3.07. The lowest BCUT2D eigenvalue weighted by Crippen LogP contribution is -2.30. The molecule has 0 fully saturated rings. The van der Waals surface area contributed by atoms with Crippen molar-refractivity contribution in [3.05, 3.63) is 58.9 Å². The van der Waals surface area contributed by atoms with E-state index in [9.17, 15) is 4.39 Å². The minimum atomic E-state index is -1.63. The Hall–Kier alpha value is -1.30. The molecule has 0 amide bonds. The molecule has 2 aromatic carbocycles. The van der Waals surface area contributed by atoms with Gasteiger partial charge in [0.15, 0.2) is 0 Å². The minimum Gasteiger partial charge on any atom is -0.423 e. The van der Waals surface area contributed by atoms with Gasteiger partial charge in [0.05, 0.1) is 0 Å². The molecule has 0 radical (unpaired) electrons. The summed E-state index contributed by atoms with van der Waals surface area (Å²) in [5.74, 6) is 0.103. The monoisotopic (exact) mass is 290 g/mol. The molecule has 2 aromatic rings. The normalized spacial score (nSPS) is 10.7. The smallest absolute Gasteiger partial charge is 0.423 e. The maximum absolute atomic E-state index is 13.9. The van der Waals surface area contributed by atoms with Gasteiger partial charge in [-0.3, -0.25) is 0 Å². The van der Waals surface area contributed by atoms with Gasteiger partial charge in [0.25, 0.3) is 0 Å². The van der Waals surface area contributed by atoms with E-state index in [1.807, 2.05) is 13.8 Å². The molecule has 2 N–H and O–H groups in total. The summed E-state index contributed by atoms with van der Waals surface area (Å²) in [6, 6.07) is 10.5. The van der Waals surface area contributed by atoms with Crippen LogP contribution in [-0.4, -0.2) is 17.2 Å². The summed E-state index contributed by atoms with van der Waals surface area (Å²) >= 11 is 1.58. The van der Waals surface area contributed by atoms with Crippen molar-refractivity contribution in [2.45, 2.75) is 24.5 Å². The highest BCUT2D eigenvalue weighted by Gasteiger charge is 2.13. The van der Waals surface area contributed by atoms with E-state index in [0.717, 1.165) is 4.90 Å². The van der Waals surface area contributed by atoms with Crippen molar-refractivity contribution in [2.75, 3.05) is 0 Å². The Bertz CT molecular complexity index is 617. The second-order valence-corrected chi connectivity index (χ2v) is 5.80. The Morgan fingerprint density at radius 2 is 1.85 bits per heavy atom. The summed E-state index contributed by atoms with van der Waals surface area (Å²) in [6.45, 7) is 4.06. The van der Waals surface area contributed by atoms with Crippen LogP contribution in [0, 0.1) is 19.7 Å². The molecule has 0 aliphatic carbocycles. The Kier molecular flexibility index (Phi) is 4.86. The first-order valence-electron chi connectivity index (χ1n) is 6.32. The molecule has 0 bridgehead atoms. The predicted molar refractivity (Wildman–Crippen MR) is 81.7 cm³/mol. The average molecular weight is 290 g/mol. The van der Waals surface area contributed by atoms with E-state index in [4.69, 9.17) is 10.0 Å². The van der Waals surface area contributed by atoms with E-state index in [1.54, 1.807) is 17.8 Å². The standard InChI is InChI=1S/C15H16BFO2S/c1-10-3-4-11(2)15(7-10)20-9-12-5-6-13(16(18)19)8-14(12)17/h3-8,18-19H,9H2,1-2H3. The van der Waals surface area contributed by atoms with Crippen LogP contribution >= 0.6 is 11.8 Å². The van der Waals surface area contributed by atoms with Crippen molar-refractivity contribution < 1.29 is 14.4 Å². The summed E-state index contributed by atoms with van der Waals surface area (Å²) in [6.07, 6.45) is 0. The summed E-state index contributed by atoms with van der Waals surface area (Å²) in [4.78, 5) is 1.13. The van der Waals surface area contributed by atoms with E-state index in [0.29, 0.717) is 11.3 Å². The van der Waals surface area contributed by atoms with Gasteiger partial charge in [0, 0.05) is 10.6 Å². The fraction of sp³-hybridized carbons (Fsp3) is 0.200. The number of benzene rings is 2. The van der Waals surface area contributed by atoms with Crippen molar-refractivity contribution in [3.8, 4) is 0 Å². The van der Waals surface area contributed by atoms with Gasteiger partial charge in [-0.05, 0) is 42.6 Å². The third kappa shape index (κ3) is 3.63. The molecule has 0 saturated carbocycles. The first kappa shape index (κ1) is 15.1. The van der Waals surface area contributed by atoms with Crippen LogP contribution in [0.2, 0.25) is 0 Å². The molecule has 0 aliphatic rings. The highest BCUT2D eigenvalue weighted by Crippen LogP contribution is 2.27. The maximum Gasteiger partial charge on any atom is 0.488 e. The number of thioether (sulfide) groups is 1. The van der Waals surface area contributed by atoms with Gasteiger partial charge in [0.2, 0.25) is 0 Å². The minimum absolute atomic E-state index is 0.169. The number of aryl methyl sites for hydroxylation is 2. The zero-order chi connectivity index (χ0) is 14.7. The Morgan fingerprint density at radius 3 is 2.50 bits per heavy atom. The van der Waals surface area contributed by atoms with E-state index >= 15 is 0 Å². The van der Waals surface area contributed by atoms with Gasteiger partial charge in [-0.25, -0.2) is 4.39 Å². The number of hydrogen-bond donors (Lipinski definition) is 2. The van der Waals surface area contributed by atoms with Crippen LogP contribution in [-0.2, 0) is 5.75 Å². The zero-order valence-electron chi connectivity index (χ0n) is 11.4. The molecule has 0 aliphatic heterocycles. The third-order valence-electron chi connectivity index (χ3n) is 3.10. The Morgan fingerprint density at radius 1 is 1.10 bits per heavy atom. The van der Waals surface area contributed by atoms with Crippen molar-refractivity contribution in [1.29, 1.82) is 0 Å². The van der Waals surface area contributed by atoms with Gasteiger partial charge < -0.3 is 10.0 Å². The van der Waals surface area contributed by atoms with E-state index in [2.05, 4.69) is 18.2 Å². The topological polar surface area (TPSA) is 40.5 Å². The fourth-order valence-corrected chi connectivity index (χ4v) is 2.97. The summed E-state index contributed by atoms with van der Waals surface area (Å²) in [7, 11) is -1.63. The highest BCUT2D eigenvalue weighted by atomic mass is 32.2. The van der Waals surface area contributed by atoms with Crippen LogP contribution in [0.5, 0.6) is 0 Å².